The number of rotatable bonds is 2. The van der Waals surface area contributed by atoms with E-state index in [1.54, 1.807) is 6.07 Å². The third-order valence-corrected chi connectivity index (χ3v) is 3.44. The lowest BCUT2D eigenvalue weighted by Gasteiger charge is -2.11. The van der Waals surface area contributed by atoms with Gasteiger partial charge in [0, 0.05) is 16.5 Å². The van der Waals surface area contributed by atoms with E-state index in [2.05, 4.69) is 15.9 Å². The van der Waals surface area contributed by atoms with Crippen LogP contribution in [-0.4, -0.2) is 10.9 Å². The van der Waals surface area contributed by atoms with Crippen LogP contribution in [0, 0.1) is 13.8 Å². The summed E-state index contributed by atoms with van der Waals surface area (Å²) in [7, 11) is 0. The molecule has 0 aliphatic rings. The Morgan fingerprint density at radius 1 is 1.50 bits per heavy atom. The Morgan fingerprint density at radius 2 is 2.07 bits per heavy atom. The fraction of sp³-hybridized carbons (Fsp3) is 0.364. The van der Waals surface area contributed by atoms with Crippen LogP contribution in [0.3, 0.4) is 0 Å². The van der Waals surface area contributed by atoms with Crippen molar-refractivity contribution in [1.29, 1.82) is 0 Å². The van der Waals surface area contributed by atoms with Crippen LogP contribution in [0.2, 0.25) is 0 Å². The summed E-state index contributed by atoms with van der Waals surface area (Å²) in [5, 5.41) is 9.67. The van der Waals surface area contributed by atoms with Crippen molar-refractivity contribution in [2.24, 2.45) is 0 Å². The number of aromatic hydroxyl groups is 1. The SMILES string of the molecule is CC(=O)Cc1c(O)cc(C)c(Br)c1C. The average Bonchev–Trinajstić information content (AvgIpc) is 2.09. The lowest BCUT2D eigenvalue weighted by molar-refractivity contribution is -0.116. The standard InChI is InChI=1S/C11H13BrO2/c1-6-4-10(14)9(5-7(2)13)8(3)11(6)12/h4,14H,5H2,1-3H3. The first-order chi connectivity index (χ1) is 6.43. The number of phenols is 1. The lowest BCUT2D eigenvalue weighted by atomic mass is 10.0. The van der Waals surface area contributed by atoms with Crippen LogP contribution in [0.25, 0.3) is 0 Å². The van der Waals surface area contributed by atoms with Gasteiger partial charge in [0.15, 0.2) is 0 Å². The number of aryl methyl sites for hydroxylation is 1. The maximum absolute atomic E-state index is 11.0. The highest BCUT2D eigenvalue weighted by molar-refractivity contribution is 9.10. The molecule has 0 radical (unpaired) electrons. The highest BCUT2D eigenvalue weighted by Crippen LogP contribution is 2.31. The first kappa shape index (κ1) is 11.2. The van der Waals surface area contributed by atoms with Crippen molar-refractivity contribution in [3.05, 3.63) is 27.2 Å². The Labute approximate surface area is 92.1 Å². The molecule has 0 saturated heterocycles. The highest BCUT2D eigenvalue weighted by Gasteiger charge is 2.12. The quantitative estimate of drug-likeness (QED) is 0.884. The zero-order chi connectivity index (χ0) is 10.9. The first-order valence-corrected chi connectivity index (χ1v) is 5.19. The molecule has 3 heteroatoms. The van der Waals surface area contributed by atoms with E-state index in [0.717, 1.165) is 21.2 Å². The predicted molar refractivity (Wildman–Crippen MR) is 59.7 cm³/mol. The van der Waals surface area contributed by atoms with Crippen LogP contribution in [0.15, 0.2) is 10.5 Å². The second-order valence-corrected chi connectivity index (χ2v) is 4.30. The van der Waals surface area contributed by atoms with E-state index >= 15 is 0 Å². The third-order valence-electron chi connectivity index (χ3n) is 2.22. The van der Waals surface area contributed by atoms with Gasteiger partial charge in [0.1, 0.15) is 11.5 Å². The molecule has 76 valence electrons. The van der Waals surface area contributed by atoms with Crippen molar-refractivity contribution in [3.8, 4) is 5.75 Å². The fourth-order valence-electron chi connectivity index (χ4n) is 1.45. The number of halogens is 1. The Kier molecular flexibility index (Phi) is 3.32. The predicted octanol–water partition coefficient (Wildman–Crippen LogP) is 2.90. The van der Waals surface area contributed by atoms with Gasteiger partial charge in [0.05, 0.1) is 0 Å². The molecule has 1 aromatic carbocycles. The first-order valence-electron chi connectivity index (χ1n) is 4.40. The van der Waals surface area contributed by atoms with Gasteiger partial charge in [-0.2, -0.15) is 0 Å². The van der Waals surface area contributed by atoms with Crippen LogP contribution in [0.4, 0.5) is 0 Å². The molecule has 0 unspecified atom stereocenters. The summed E-state index contributed by atoms with van der Waals surface area (Å²) in [5.41, 5.74) is 2.64. The minimum atomic E-state index is 0.0548. The van der Waals surface area contributed by atoms with Crippen LogP contribution >= 0.6 is 15.9 Å². The highest BCUT2D eigenvalue weighted by atomic mass is 79.9. The van der Waals surface area contributed by atoms with E-state index in [0.29, 0.717) is 0 Å². The molecule has 2 nitrogen and oxygen atoms in total. The zero-order valence-corrected chi connectivity index (χ0v) is 10.1. The number of Topliss-reactive ketones (excluding diaryl/α,β-unsaturated/α-hetero) is 1. The molecule has 0 bridgehead atoms. The van der Waals surface area contributed by atoms with Gasteiger partial charge in [-0.05, 0) is 38.0 Å². The van der Waals surface area contributed by atoms with E-state index in [9.17, 15) is 9.90 Å². The monoisotopic (exact) mass is 256 g/mol. The number of carbonyl (C=O) groups excluding carboxylic acids is 1. The van der Waals surface area contributed by atoms with Crippen LogP contribution in [0.1, 0.15) is 23.6 Å². The van der Waals surface area contributed by atoms with Gasteiger partial charge in [0.25, 0.3) is 0 Å². The van der Waals surface area contributed by atoms with Crippen molar-refractivity contribution in [2.75, 3.05) is 0 Å². The Bertz CT molecular complexity index is 383. The Balaban J connectivity index is 3.29. The van der Waals surface area contributed by atoms with E-state index in [-0.39, 0.29) is 18.0 Å². The van der Waals surface area contributed by atoms with Gasteiger partial charge in [-0.3, -0.25) is 4.79 Å². The van der Waals surface area contributed by atoms with Gasteiger partial charge >= 0.3 is 0 Å². The van der Waals surface area contributed by atoms with Crippen molar-refractivity contribution >= 4 is 21.7 Å². The summed E-state index contributed by atoms with van der Waals surface area (Å²) in [4.78, 5) is 11.0. The van der Waals surface area contributed by atoms with Gasteiger partial charge in [-0.1, -0.05) is 15.9 Å². The molecule has 1 rings (SSSR count). The van der Waals surface area contributed by atoms with E-state index in [4.69, 9.17) is 0 Å². The average molecular weight is 257 g/mol. The molecular weight excluding hydrogens is 244 g/mol. The maximum atomic E-state index is 11.0. The fourth-order valence-corrected chi connectivity index (χ4v) is 1.80. The van der Waals surface area contributed by atoms with Crippen LogP contribution in [-0.2, 0) is 11.2 Å². The zero-order valence-electron chi connectivity index (χ0n) is 8.52. The summed E-state index contributed by atoms with van der Waals surface area (Å²) in [6.45, 7) is 5.33. The van der Waals surface area contributed by atoms with Crippen LogP contribution in [0.5, 0.6) is 5.75 Å². The molecule has 1 aromatic rings. The van der Waals surface area contributed by atoms with Crippen molar-refractivity contribution in [1.82, 2.24) is 0 Å². The molecule has 1 N–H and O–H groups in total. The molecule has 0 fully saturated rings. The van der Waals surface area contributed by atoms with Crippen molar-refractivity contribution in [3.63, 3.8) is 0 Å². The molecule has 0 aliphatic carbocycles. The number of carbonyl (C=O) groups is 1. The van der Waals surface area contributed by atoms with Crippen molar-refractivity contribution in [2.45, 2.75) is 27.2 Å². The number of phenolic OH excluding ortho intramolecular Hbond substituents is 1. The molecule has 0 heterocycles. The lowest BCUT2D eigenvalue weighted by Crippen LogP contribution is -2.00. The molecule has 0 atom stereocenters. The topological polar surface area (TPSA) is 37.3 Å². The number of ketones is 1. The third kappa shape index (κ3) is 2.15. The summed E-state index contributed by atoms with van der Waals surface area (Å²) in [6.07, 6.45) is 0.288. The maximum Gasteiger partial charge on any atom is 0.134 e. The van der Waals surface area contributed by atoms with E-state index < -0.39 is 0 Å². The number of hydrogen-bond donors (Lipinski definition) is 1. The van der Waals surface area contributed by atoms with Crippen LogP contribution < -0.4 is 0 Å². The van der Waals surface area contributed by atoms with Gasteiger partial charge < -0.3 is 5.11 Å². The summed E-state index contributed by atoms with van der Waals surface area (Å²) >= 11 is 3.43. The Hall–Kier alpha value is -0.830. The molecule has 0 aliphatic heterocycles. The Morgan fingerprint density at radius 3 is 2.57 bits per heavy atom. The summed E-state index contributed by atoms with van der Waals surface area (Å²) < 4.78 is 0.964. The molecule has 0 spiro atoms. The molecule has 0 aromatic heterocycles. The second-order valence-electron chi connectivity index (χ2n) is 3.51. The van der Waals surface area contributed by atoms with Gasteiger partial charge in [-0.15, -0.1) is 0 Å². The summed E-state index contributed by atoms with van der Waals surface area (Å²) in [6, 6.07) is 1.68. The second kappa shape index (κ2) is 4.13. The number of hydrogen-bond acceptors (Lipinski definition) is 2. The van der Waals surface area contributed by atoms with Gasteiger partial charge in [-0.25, -0.2) is 0 Å². The summed E-state index contributed by atoms with van der Waals surface area (Å²) in [5.74, 6) is 0.262. The van der Waals surface area contributed by atoms with E-state index in [1.165, 1.54) is 6.92 Å². The minimum Gasteiger partial charge on any atom is -0.508 e. The molecule has 0 amide bonds. The largest absolute Gasteiger partial charge is 0.508 e. The van der Waals surface area contributed by atoms with Crippen molar-refractivity contribution < 1.29 is 9.90 Å². The molecule has 0 saturated carbocycles. The van der Waals surface area contributed by atoms with E-state index in [1.807, 2.05) is 13.8 Å². The number of benzene rings is 1. The molecule has 14 heavy (non-hydrogen) atoms. The molecular formula is C11H13BrO2. The smallest absolute Gasteiger partial charge is 0.134 e. The van der Waals surface area contributed by atoms with Gasteiger partial charge in [0.2, 0.25) is 0 Å². The normalized spacial score (nSPS) is 10.3. The minimum absolute atomic E-state index is 0.0548.